The number of aromatic nitrogens is 3. The molecule has 1 atom stereocenters. The van der Waals surface area contributed by atoms with Crippen LogP contribution in [0.25, 0.3) is 0 Å². The topological polar surface area (TPSA) is 52.0 Å². The van der Waals surface area contributed by atoms with Gasteiger partial charge in [-0.25, -0.2) is 4.98 Å². The van der Waals surface area contributed by atoms with Gasteiger partial charge in [0.15, 0.2) is 11.6 Å². The van der Waals surface area contributed by atoms with Crippen molar-refractivity contribution in [3.8, 4) is 5.75 Å². The van der Waals surface area contributed by atoms with Gasteiger partial charge in [0.2, 0.25) is 0 Å². The molecule has 0 aromatic carbocycles. The Balaban J connectivity index is 2.00. The molecule has 0 aliphatic rings. The first-order chi connectivity index (χ1) is 8.29. The van der Waals surface area contributed by atoms with Crippen LogP contribution >= 0.6 is 0 Å². The highest BCUT2D eigenvalue weighted by Crippen LogP contribution is 2.20. The highest BCUT2D eigenvalue weighted by atomic mass is 16.5. The van der Waals surface area contributed by atoms with Crippen molar-refractivity contribution in [1.82, 2.24) is 14.8 Å². The molecule has 0 amide bonds. The lowest BCUT2D eigenvalue weighted by atomic mass is 10.3. The van der Waals surface area contributed by atoms with Crippen molar-refractivity contribution in [1.29, 1.82) is 0 Å². The van der Waals surface area contributed by atoms with Gasteiger partial charge in [0.05, 0.1) is 13.7 Å². The van der Waals surface area contributed by atoms with Crippen molar-refractivity contribution in [2.45, 2.75) is 19.5 Å². The number of methoxy groups -OCH3 is 1. The lowest BCUT2D eigenvalue weighted by Crippen LogP contribution is -2.23. The second-order valence-electron chi connectivity index (χ2n) is 3.83. The molecule has 0 aliphatic heterocycles. The van der Waals surface area contributed by atoms with E-state index < -0.39 is 0 Å². The van der Waals surface area contributed by atoms with Gasteiger partial charge in [-0.3, -0.25) is 4.68 Å². The van der Waals surface area contributed by atoms with E-state index in [-0.39, 0.29) is 6.04 Å². The number of pyridine rings is 1. The first-order valence-electron chi connectivity index (χ1n) is 5.52. The Morgan fingerprint density at radius 2 is 2.29 bits per heavy atom. The van der Waals surface area contributed by atoms with Crippen molar-refractivity contribution >= 4 is 5.82 Å². The van der Waals surface area contributed by atoms with Crippen LogP contribution in [0.1, 0.15) is 6.92 Å². The number of rotatable bonds is 5. The molecule has 2 aromatic heterocycles. The number of nitrogens with zero attached hydrogens (tertiary/aromatic N) is 3. The lowest BCUT2D eigenvalue weighted by molar-refractivity contribution is 0.413. The van der Waals surface area contributed by atoms with Crippen molar-refractivity contribution in [2.75, 3.05) is 12.4 Å². The van der Waals surface area contributed by atoms with E-state index in [1.165, 1.54) is 0 Å². The Bertz CT molecular complexity index is 455. The first-order valence-corrected chi connectivity index (χ1v) is 5.52. The number of anilines is 1. The van der Waals surface area contributed by atoms with Gasteiger partial charge < -0.3 is 10.1 Å². The van der Waals surface area contributed by atoms with Crippen LogP contribution < -0.4 is 10.1 Å². The third-order valence-corrected chi connectivity index (χ3v) is 2.39. The molecule has 90 valence electrons. The fourth-order valence-corrected chi connectivity index (χ4v) is 1.63. The number of nitrogens with one attached hydrogen (secondary N) is 1. The average Bonchev–Trinajstić information content (AvgIpc) is 2.82. The summed E-state index contributed by atoms with van der Waals surface area (Å²) in [6.45, 7) is 2.86. The largest absolute Gasteiger partial charge is 0.493 e. The summed E-state index contributed by atoms with van der Waals surface area (Å²) in [6, 6.07) is 5.87. The molecule has 0 saturated heterocycles. The molecule has 1 unspecified atom stereocenters. The summed E-state index contributed by atoms with van der Waals surface area (Å²) < 4.78 is 7.12. The van der Waals surface area contributed by atoms with Crippen LogP contribution in [-0.2, 0) is 6.54 Å². The molecule has 17 heavy (non-hydrogen) atoms. The van der Waals surface area contributed by atoms with Crippen molar-refractivity contribution < 1.29 is 4.74 Å². The summed E-state index contributed by atoms with van der Waals surface area (Å²) in [5, 5.41) is 7.47. The van der Waals surface area contributed by atoms with Gasteiger partial charge in [-0.2, -0.15) is 5.10 Å². The normalized spacial score (nSPS) is 12.1. The number of hydrogen-bond acceptors (Lipinski definition) is 4. The Kier molecular flexibility index (Phi) is 3.59. The molecular weight excluding hydrogens is 216 g/mol. The maximum Gasteiger partial charge on any atom is 0.169 e. The Morgan fingerprint density at radius 3 is 3.00 bits per heavy atom. The molecular formula is C12H16N4O. The van der Waals surface area contributed by atoms with Crippen LogP contribution in [-0.4, -0.2) is 27.9 Å². The monoisotopic (exact) mass is 232 g/mol. The maximum atomic E-state index is 5.23. The van der Waals surface area contributed by atoms with Gasteiger partial charge in [-0.05, 0) is 25.1 Å². The van der Waals surface area contributed by atoms with Gasteiger partial charge in [0, 0.05) is 24.6 Å². The van der Waals surface area contributed by atoms with Crippen LogP contribution in [0.3, 0.4) is 0 Å². The van der Waals surface area contributed by atoms with Gasteiger partial charge in [-0.1, -0.05) is 0 Å². The molecule has 0 fully saturated rings. The smallest absolute Gasteiger partial charge is 0.169 e. The lowest BCUT2D eigenvalue weighted by Gasteiger charge is -2.16. The summed E-state index contributed by atoms with van der Waals surface area (Å²) in [4.78, 5) is 4.25. The van der Waals surface area contributed by atoms with Crippen molar-refractivity contribution in [2.24, 2.45) is 0 Å². The summed E-state index contributed by atoms with van der Waals surface area (Å²) >= 11 is 0. The van der Waals surface area contributed by atoms with Gasteiger partial charge >= 0.3 is 0 Å². The maximum absolute atomic E-state index is 5.23. The molecule has 0 spiro atoms. The molecule has 0 saturated carbocycles. The first kappa shape index (κ1) is 11.4. The minimum absolute atomic E-state index is 0.221. The van der Waals surface area contributed by atoms with E-state index in [4.69, 9.17) is 4.74 Å². The van der Waals surface area contributed by atoms with Gasteiger partial charge in [-0.15, -0.1) is 0 Å². The predicted molar refractivity (Wildman–Crippen MR) is 66.1 cm³/mol. The van der Waals surface area contributed by atoms with E-state index >= 15 is 0 Å². The molecule has 0 bridgehead atoms. The summed E-state index contributed by atoms with van der Waals surface area (Å²) in [5.74, 6) is 1.51. The fraction of sp³-hybridized carbons (Fsp3) is 0.333. The third kappa shape index (κ3) is 2.96. The standard InChI is InChI=1S/C12H16N4O/c1-10(9-16-8-4-7-14-16)15-12-11(17-2)5-3-6-13-12/h3-8,10H,9H2,1-2H3,(H,13,15). The predicted octanol–water partition coefficient (Wildman–Crippen LogP) is 1.79. The second-order valence-corrected chi connectivity index (χ2v) is 3.83. The SMILES string of the molecule is COc1cccnc1NC(C)Cn1cccn1. The van der Waals surface area contributed by atoms with E-state index in [1.807, 2.05) is 29.1 Å². The molecule has 5 heteroatoms. The molecule has 1 N–H and O–H groups in total. The minimum Gasteiger partial charge on any atom is -0.493 e. The second kappa shape index (κ2) is 5.34. The van der Waals surface area contributed by atoms with E-state index in [9.17, 15) is 0 Å². The van der Waals surface area contributed by atoms with E-state index in [2.05, 4.69) is 22.3 Å². The summed E-state index contributed by atoms with van der Waals surface area (Å²) in [6.07, 6.45) is 5.45. The molecule has 2 aromatic rings. The van der Waals surface area contributed by atoms with Crippen molar-refractivity contribution in [3.05, 3.63) is 36.8 Å². The summed E-state index contributed by atoms with van der Waals surface area (Å²) in [7, 11) is 1.64. The number of ether oxygens (including phenoxy) is 1. The fourth-order valence-electron chi connectivity index (χ4n) is 1.63. The average molecular weight is 232 g/mol. The zero-order valence-electron chi connectivity index (χ0n) is 10.00. The Labute approximate surface area is 100 Å². The third-order valence-electron chi connectivity index (χ3n) is 2.39. The molecule has 0 aliphatic carbocycles. The van der Waals surface area contributed by atoms with Crippen LogP contribution in [0.15, 0.2) is 36.8 Å². The quantitative estimate of drug-likeness (QED) is 0.853. The Hall–Kier alpha value is -2.04. The van der Waals surface area contributed by atoms with Crippen LogP contribution in [0.2, 0.25) is 0 Å². The van der Waals surface area contributed by atoms with Crippen LogP contribution in [0, 0.1) is 0 Å². The molecule has 0 radical (unpaired) electrons. The zero-order chi connectivity index (χ0) is 12.1. The van der Waals surface area contributed by atoms with Crippen LogP contribution in [0.4, 0.5) is 5.82 Å². The zero-order valence-corrected chi connectivity index (χ0v) is 10.00. The highest BCUT2D eigenvalue weighted by Gasteiger charge is 2.08. The van der Waals surface area contributed by atoms with E-state index in [0.29, 0.717) is 0 Å². The van der Waals surface area contributed by atoms with Crippen molar-refractivity contribution in [3.63, 3.8) is 0 Å². The Morgan fingerprint density at radius 1 is 1.41 bits per heavy atom. The minimum atomic E-state index is 0.221. The van der Waals surface area contributed by atoms with Gasteiger partial charge in [0.1, 0.15) is 0 Å². The van der Waals surface area contributed by atoms with E-state index in [0.717, 1.165) is 18.1 Å². The highest BCUT2D eigenvalue weighted by molar-refractivity contribution is 5.49. The van der Waals surface area contributed by atoms with E-state index in [1.54, 1.807) is 19.5 Å². The molecule has 2 rings (SSSR count). The van der Waals surface area contributed by atoms with Gasteiger partial charge in [0.25, 0.3) is 0 Å². The summed E-state index contributed by atoms with van der Waals surface area (Å²) in [5.41, 5.74) is 0. The molecule has 2 heterocycles. The molecule has 5 nitrogen and oxygen atoms in total. The van der Waals surface area contributed by atoms with Crippen LogP contribution in [0.5, 0.6) is 5.75 Å². The number of hydrogen-bond donors (Lipinski definition) is 1.